The smallest absolute Gasteiger partial charge is 0.253 e. The maximum atomic E-state index is 12.4. The maximum absolute atomic E-state index is 12.4. The topological polar surface area (TPSA) is 54.0 Å². The Morgan fingerprint density at radius 1 is 1.40 bits per heavy atom. The zero-order chi connectivity index (χ0) is 14.6. The van der Waals surface area contributed by atoms with Gasteiger partial charge in [0.1, 0.15) is 0 Å². The van der Waals surface area contributed by atoms with E-state index in [1.165, 1.54) is 12.8 Å². The Hall–Kier alpha value is -1.58. The SMILES string of the molecule is CCNc1cnccc1C(=O)NC1CCC(C)(C)CC1. The molecule has 1 aliphatic rings. The van der Waals surface area contributed by atoms with Crippen molar-refractivity contribution < 1.29 is 4.79 Å². The second-order valence-corrected chi connectivity index (χ2v) is 6.36. The highest BCUT2D eigenvalue weighted by molar-refractivity contribution is 5.99. The maximum Gasteiger partial charge on any atom is 0.253 e. The van der Waals surface area contributed by atoms with E-state index in [0.717, 1.165) is 25.1 Å². The largest absolute Gasteiger partial charge is 0.383 e. The van der Waals surface area contributed by atoms with Gasteiger partial charge in [-0.25, -0.2) is 0 Å². The first-order chi connectivity index (χ1) is 9.52. The Labute approximate surface area is 121 Å². The third-order valence-corrected chi connectivity index (χ3v) is 4.11. The molecular weight excluding hydrogens is 250 g/mol. The van der Waals surface area contributed by atoms with Gasteiger partial charge in [-0.1, -0.05) is 13.8 Å². The van der Waals surface area contributed by atoms with Crippen molar-refractivity contribution in [3.63, 3.8) is 0 Å². The van der Waals surface area contributed by atoms with Crippen molar-refractivity contribution in [3.05, 3.63) is 24.0 Å². The van der Waals surface area contributed by atoms with E-state index >= 15 is 0 Å². The summed E-state index contributed by atoms with van der Waals surface area (Å²) in [6, 6.07) is 2.08. The second kappa shape index (κ2) is 6.25. The van der Waals surface area contributed by atoms with Crippen LogP contribution < -0.4 is 10.6 Å². The van der Waals surface area contributed by atoms with Crippen LogP contribution in [0, 0.1) is 5.41 Å². The molecule has 0 aliphatic heterocycles. The van der Waals surface area contributed by atoms with Crippen molar-refractivity contribution in [2.45, 2.75) is 52.5 Å². The summed E-state index contributed by atoms with van der Waals surface area (Å²) in [5, 5.41) is 6.35. The highest BCUT2D eigenvalue weighted by Gasteiger charge is 2.28. The fraction of sp³-hybridized carbons (Fsp3) is 0.625. The molecule has 0 radical (unpaired) electrons. The van der Waals surface area contributed by atoms with Crippen LogP contribution in [0.4, 0.5) is 5.69 Å². The number of anilines is 1. The first-order valence-corrected chi connectivity index (χ1v) is 7.50. The van der Waals surface area contributed by atoms with Crippen LogP contribution >= 0.6 is 0 Å². The van der Waals surface area contributed by atoms with E-state index in [1.807, 2.05) is 6.92 Å². The van der Waals surface area contributed by atoms with Crippen LogP contribution in [0.5, 0.6) is 0 Å². The minimum atomic E-state index is 0.00746. The van der Waals surface area contributed by atoms with Gasteiger partial charge in [-0.15, -0.1) is 0 Å². The molecular formula is C16H25N3O. The lowest BCUT2D eigenvalue weighted by atomic mass is 9.75. The van der Waals surface area contributed by atoms with Crippen LogP contribution in [0.1, 0.15) is 56.8 Å². The summed E-state index contributed by atoms with van der Waals surface area (Å²) in [5.74, 6) is 0.00746. The van der Waals surface area contributed by atoms with Crippen LogP contribution in [0.15, 0.2) is 18.5 Å². The van der Waals surface area contributed by atoms with Gasteiger partial charge in [-0.2, -0.15) is 0 Å². The summed E-state index contributed by atoms with van der Waals surface area (Å²) in [6.07, 6.45) is 7.87. The second-order valence-electron chi connectivity index (χ2n) is 6.36. The van der Waals surface area contributed by atoms with Gasteiger partial charge in [0.25, 0.3) is 5.91 Å². The van der Waals surface area contributed by atoms with Crippen molar-refractivity contribution in [1.82, 2.24) is 10.3 Å². The molecule has 1 aliphatic carbocycles. The fourth-order valence-electron chi connectivity index (χ4n) is 2.73. The fourth-order valence-corrected chi connectivity index (χ4v) is 2.73. The number of hydrogen-bond acceptors (Lipinski definition) is 3. The monoisotopic (exact) mass is 275 g/mol. The molecule has 1 aromatic heterocycles. The highest BCUT2D eigenvalue weighted by Crippen LogP contribution is 2.35. The standard InChI is InChI=1S/C16H25N3O/c1-4-18-14-11-17-10-7-13(14)15(20)19-12-5-8-16(2,3)9-6-12/h7,10-12,18H,4-6,8-9H2,1-3H3,(H,19,20). The number of carbonyl (C=O) groups is 1. The highest BCUT2D eigenvalue weighted by atomic mass is 16.1. The summed E-state index contributed by atoms with van der Waals surface area (Å²) < 4.78 is 0. The van der Waals surface area contributed by atoms with Crippen molar-refractivity contribution in [2.75, 3.05) is 11.9 Å². The normalized spacial score (nSPS) is 18.6. The lowest BCUT2D eigenvalue weighted by molar-refractivity contribution is 0.0909. The number of nitrogens with one attached hydrogen (secondary N) is 2. The predicted molar refractivity (Wildman–Crippen MR) is 81.9 cm³/mol. The van der Waals surface area contributed by atoms with E-state index in [2.05, 4.69) is 29.5 Å². The number of nitrogens with zero attached hydrogens (tertiary/aromatic N) is 1. The van der Waals surface area contributed by atoms with E-state index in [-0.39, 0.29) is 5.91 Å². The van der Waals surface area contributed by atoms with Crippen LogP contribution in [0.3, 0.4) is 0 Å². The van der Waals surface area contributed by atoms with Crippen molar-refractivity contribution in [1.29, 1.82) is 0 Å². The van der Waals surface area contributed by atoms with Gasteiger partial charge >= 0.3 is 0 Å². The van der Waals surface area contributed by atoms with Gasteiger partial charge in [-0.05, 0) is 44.1 Å². The lowest BCUT2D eigenvalue weighted by Crippen LogP contribution is -2.39. The summed E-state index contributed by atoms with van der Waals surface area (Å²) >= 11 is 0. The molecule has 2 N–H and O–H groups in total. The molecule has 1 fully saturated rings. The predicted octanol–water partition coefficient (Wildman–Crippen LogP) is 3.21. The number of amides is 1. The molecule has 1 aromatic rings. The van der Waals surface area contributed by atoms with E-state index < -0.39 is 0 Å². The zero-order valence-corrected chi connectivity index (χ0v) is 12.7. The van der Waals surface area contributed by atoms with E-state index in [9.17, 15) is 4.79 Å². The van der Waals surface area contributed by atoms with Crippen molar-refractivity contribution >= 4 is 11.6 Å². The summed E-state index contributed by atoms with van der Waals surface area (Å²) in [4.78, 5) is 16.5. The van der Waals surface area contributed by atoms with Crippen LogP contribution in [0.25, 0.3) is 0 Å². The molecule has 0 aromatic carbocycles. The summed E-state index contributed by atoms with van der Waals surface area (Å²) in [6.45, 7) is 7.40. The lowest BCUT2D eigenvalue weighted by Gasteiger charge is -2.34. The molecule has 1 saturated carbocycles. The third-order valence-electron chi connectivity index (χ3n) is 4.11. The Balaban J connectivity index is 1.99. The van der Waals surface area contributed by atoms with Gasteiger partial charge < -0.3 is 10.6 Å². The number of aromatic nitrogens is 1. The molecule has 0 atom stereocenters. The van der Waals surface area contributed by atoms with Gasteiger partial charge in [0.05, 0.1) is 17.4 Å². The molecule has 4 heteroatoms. The first-order valence-electron chi connectivity index (χ1n) is 7.50. The number of hydrogen-bond donors (Lipinski definition) is 2. The van der Waals surface area contributed by atoms with Gasteiger partial charge in [0, 0.05) is 18.8 Å². The number of pyridine rings is 1. The average Bonchev–Trinajstić information content (AvgIpc) is 2.42. The van der Waals surface area contributed by atoms with Gasteiger partial charge in [0.2, 0.25) is 0 Å². The van der Waals surface area contributed by atoms with Crippen LogP contribution in [0.2, 0.25) is 0 Å². The van der Waals surface area contributed by atoms with E-state index in [4.69, 9.17) is 0 Å². The van der Waals surface area contributed by atoms with Gasteiger partial charge in [-0.3, -0.25) is 9.78 Å². The Morgan fingerprint density at radius 2 is 2.10 bits per heavy atom. The molecule has 110 valence electrons. The molecule has 1 heterocycles. The first kappa shape index (κ1) is 14.8. The minimum Gasteiger partial charge on any atom is -0.383 e. The Morgan fingerprint density at radius 3 is 2.75 bits per heavy atom. The zero-order valence-electron chi connectivity index (χ0n) is 12.7. The van der Waals surface area contributed by atoms with Gasteiger partial charge in [0.15, 0.2) is 0 Å². The van der Waals surface area contributed by atoms with Crippen LogP contribution in [-0.4, -0.2) is 23.5 Å². The van der Waals surface area contributed by atoms with E-state index in [1.54, 1.807) is 18.5 Å². The molecule has 4 nitrogen and oxygen atoms in total. The molecule has 2 rings (SSSR count). The number of rotatable bonds is 4. The molecule has 0 bridgehead atoms. The number of carbonyl (C=O) groups excluding carboxylic acids is 1. The Kier molecular flexibility index (Phi) is 4.63. The molecule has 1 amide bonds. The van der Waals surface area contributed by atoms with Crippen LogP contribution in [-0.2, 0) is 0 Å². The Bertz CT molecular complexity index is 461. The average molecular weight is 275 g/mol. The summed E-state index contributed by atoms with van der Waals surface area (Å²) in [5.41, 5.74) is 1.92. The quantitative estimate of drug-likeness (QED) is 0.887. The third kappa shape index (κ3) is 3.71. The molecule has 0 unspecified atom stereocenters. The van der Waals surface area contributed by atoms with Crippen molar-refractivity contribution in [3.8, 4) is 0 Å². The minimum absolute atomic E-state index is 0.00746. The summed E-state index contributed by atoms with van der Waals surface area (Å²) in [7, 11) is 0. The molecule has 20 heavy (non-hydrogen) atoms. The van der Waals surface area contributed by atoms with E-state index in [0.29, 0.717) is 17.0 Å². The molecule has 0 saturated heterocycles. The van der Waals surface area contributed by atoms with Crippen molar-refractivity contribution in [2.24, 2.45) is 5.41 Å². The molecule has 0 spiro atoms.